The molecule has 9 heteroatoms. The molecule has 0 spiro atoms. The van der Waals surface area contributed by atoms with Gasteiger partial charge in [0, 0.05) is 58.1 Å². The van der Waals surface area contributed by atoms with E-state index in [4.69, 9.17) is 9.47 Å². The smallest absolute Gasteiger partial charge is 0.251 e. The first kappa shape index (κ1) is 25.2. The normalized spacial score (nSPS) is 18.6. The molecule has 1 aromatic heterocycles. The van der Waals surface area contributed by atoms with Gasteiger partial charge in [0.1, 0.15) is 12.7 Å². The first-order chi connectivity index (χ1) is 15.7. The maximum atomic E-state index is 12.6. The van der Waals surface area contributed by atoms with E-state index >= 15 is 0 Å². The molecule has 2 saturated heterocycles. The van der Waals surface area contributed by atoms with E-state index in [9.17, 15) is 4.79 Å². The van der Waals surface area contributed by atoms with Crippen molar-refractivity contribution in [1.29, 1.82) is 0 Å². The average molecular weight is 565 g/mol. The van der Waals surface area contributed by atoms with Gasteiger partial charge in [-0.1, -0.05) is 36.4 Å². The highest BCUT2D eigenvalue weighted by molar-refractivity contribution is 14.0. The maximum absolute atomic E-state index is 12.6. The second-order valence-electron chi connectivity index (χ2n) is 7.96. The Balaban J connectivity index is 0.00000306. The third-order valence-corrected chi connectivity index (χ3v) is 5.81. The second-order valence-corrected chi connectivity index (χ2v) is 7.96. The van der Waals surface area contributed by atoms with Gasteiger partial charge >= 0.3 is 0 Å². The highest BCUT2D eigenvalue weighted by Gasteiger charge is 2.30. The summed E-state index contributed by atoms with van der Waals surface area (Å²) >= 11 is 0. The molecule has 0 saturated carbocycles. The van der Waals surface area contributed by atoms with Crippen LogP contribution in [0.1, 0.15) is 24.0 Å². The number of nitrogens with zero attached hydrogens (tertiary/aromatic N) is 4. The Hall–Kier alpha value is -2.40. The summed E-state index contributed by atoms with van der Waals surface area (Å²) in [6, 6.07) is 14.0. The lowest BCUT2D eigenvalue weighted by molar-refractivity contribution is -0.142. The van der Waals surface area contributed by atoms with E-state index in [0.29, 0.717) is 38.7 Å². The van der Waals surface area contributed by atoms with Crippen LogP contribution in [0, 0.1) is 0 Å². The molecule has 0 aliphatic carbocycles. The van der Waals surface area contributed by atoms with E-state index in [1.807, 2.05) is 47.4 Å². The van der Waals surface area contributed by atoms with Gasteiger partial charge < -0.3 is 24.6 Å². The van der Waals surface area contributed by atoms with Gasteiger partial charge in [-0.25, -0.2) is 4.98 Å². The Morgan fingerprint density at radius 1 is 1.15 bits per heavy atom. The number of hydrogen-bond acceptors (Lipinski definition) is 5. The molecule has 2 fully saturated rings. The molecule has 178 valence electrons. The number of amides is 1. The zero-order valence-electron chi connectivity index (χ0n) is 19.0. The van der Waals surface area contributed by atoms with Crippen LogP contribution in [0.3, 0.4) is 0 Å². The van der Waals surface area contributed by atoms with Crippen molar-refractivity contribution in [2.24, 2.45) is 4.99 Å². The Morgan fingerprint density at radius 3 is 2.61 bits per heavy atom. The van der Waals surface area contributed by atoms with E-state index in [2.05, 4.69) is 20.2 Å². The van der Waals surface area contributed by atoms with Gasteiger partial charge in [-0.2, -0.15) is 0 Å². The predicted molar refractivity (Wildman–Crippen MR) is 138 cm³/mol. The maximum Gasteiger partial charge on any atom is 0.251 e. The molecule has 1 N–H and O–H groups in total. The number of piperazine rings is 1. The van der Waals surface area contributed by atoms with Crippen molar-refractivity contribution in [1.82, 2.24) is 20.1 Å². The van der Waals surface area contributed by atoms with Gasteiger partial charge in [0.2, 0.25) is 5.88 Å². The first-order valence-electron chi connectivity index (χ1n) is 11.2. The minimum absolute atomic E-state index is 0. The molecule has 1 amide bonds. The third-order valence-electron chi connectivity index (χ3n) is 5.81. The van der Waals surface area contributed by atoms with E-state index < -0.39 is 0 Å². The number of pyridine rings is 1. The van der Waals surface area contributed by atoms with E-state index in [-0.39, 0.29) is 36.0 Å². The molecular weight excluding hydrogens is 533 g/mol. The quantitative estimate of drug-likeness (QED) is 0.330. The lowest BCUT2D eigenvalue weighted by Gasteiger charge is -2.37. The number of nitrogens with one attached hydrogen (secondary N) is 1. The molecule has 2 aromatic rings. The summed E-state index contributed by atoms with van der Waals surface area (Å²) in [5.74, 6) is 1.55. The third kappa shape index (κ3) is 6.80. The van der Waals surface area contributed by atoms with Crippen LogP contribution in [0.4, 0.5) is 0 Å². The SMILES string of the molecule is CN=C(NCc1cccnc1OCc1ccccc1)N1CCN(C(=O)C2CCCO2)CC1.I. The molecule has 1 atom stereocenters. The first-order valence-corrected chi connectivity index (χ1v) is 11.2. The van der Waals surface area contributed by atoms with Crippen molar-refractivity contribution in [3.63, 3.8) is 0 Å². The topological polar surface area (TPSA) is 79.3 Å². The fourth-order valence-electron chi connectivity index (χ4n) is 4.04. The standard InChI is InChI=1S/C24H31N5O3.HI/c1-25-24(29-14-12-28(13-15-29)23(30)21-10-6-16-31-21)27-17-20-9-5-11-26-22(20)32-18-19-7-3-2-4-8-19;/h2-5,7-9,11,21H,6,10,12-18H2,1H3,(H,25,27);1H. The fraction of sp³-hybridized carbons (Fsp3) is 0.458. The number of hydrogen-bond donors (Lipinski definition) is 1. The molecular formula is C24H32IN5O3. The van der Waals surface area contributed by atoms with E-state index in [1.54, 1.807) is 13.2 Å². The molecule has 0 bridgehead atoms. The molecule has 3 heterocycles. The van der Waals surface area contributed by atoms with Crippen molar-refractivity contribution < 1.29 is 14.3 Å². The Bertz CT molecular complexity index is 913. The number of carbonyl (C=O) groups is 1. The zero-order valence-corrected chi connectivity index (χ0v) is 21.3. The van der Waals surface area contributed by atoms with Crippen LogP contribution in [-0.4, -0.2) is 72.6 Å². The molecule has 2 aliphatic heterocycles. The summed E-state index contributed by atoms with van der Waals surface area (Å²) in [5.41, 5.74) is 2.07. The average Bonchev–Trinajstić information content (AvgIpc) is 3.39. The highest BCUT2D eigenvalue weighted by Crippen LogP contribution is 2.17. The van der Waals surface area contributed by atoms with Crippen LogP contribution in [-0.2, 0) is 22.7 Å². The van der Waals surface area contributed by atoms with Crippen LogP contribution in [0.25, 0.3) is 0 Å². The molecule has 1 aromatic carbocycles. The van der Waals surface area contributed by atoms with Gasteiger partial charge in [0.25, 0.3) is 5.91 Å². The Labute approximate surface area is 212 Å². The predicted octanol–water partition coefficient (Wildman–Crippen LogP) is 2.68. The molecule has 33 heavy (non-hydrogen) atoms. The summed E-state index contributed by atoms with van der Waals surface area (Å²) in [4.78, 5) is 25.5. The van der Waals surface area contributed by atoms with Crippen molar-refractivity contribution in [3.8, 4) is 5.88 Å². The fourth-order valence-corrected chi connectivity index (χ4v) is 4.04. The number of aromatic nitrogens is 1. The van der Waals surface area contributed by atoms with Gasteiger partial charge in [0.15, 0.2) is 5.96 Å². The van der Waals surface area contributed by atoms with Gasteiger partial charge in [-0.3, -0.25) is 9.79 Å². The van der Waals surface area contributed by atoms with Crippen LogP contribution in [0.5, 0.6) is 5.88 Å². The lowest BCUT2D eigenvalue weighted by Crippen LogP contribution is -2.55. The lowest BCUT2D eigenvalue weighted by atomic mass is 10.2. The largest absolute Gasteiger partial charge is 0.473 e. The summed E-state index contributed by atoms with van der Waals surface area (Å²) in [5, 5.41) is 3.42. The van der Waals surface area contributed by atoms with Crippen molar-refractivity contribution in [2.45, 2.75) is 32.1 Å². The summed E-state index contributed by atoms with van der Waals surface area (Å²) < 4.78 is 11.5. The monoisotopic (exact) mass is 565 g/mol. The van der Waals surface area contributed by atoms with Crippen LogP contribution in [0.2, 0.25) is 0 Å². The van der Waals surface area contributed by atoms with Gasteiger partial charge in [0.05, 0.1) is 0 Å². The summed E-state index contributed by atoms with van der Waals surface area (Å²) in [6.07, 6.45) is 3.29. The summed E-state index contributed by atoms with van der Waals surface area (Å²) in [7, 11) is 1.78. The number of aliphatic imine (C=N–C) groups is 1. The minimum Gasteiger partial charge on any atom is -0.473 e. The van der Waals surface area contributed by atoms with Gasteiger partial charge in [-0.15, -0.1) is 24.0 Å². The Kier molecular flexibility index (Phi) is 9.74. The van der Waals surface area contributed by atoms with E-state index in [1.165, 1.54) is 0 Å². The van der Waals surface area contributed by atoms with Crippen LogP contribution >= 0.6 is 24.0 Å². The number of carbonyl (C=O) groups excluding carboxylic acids is 1. The zero-order chi connectivity index (χ0) is 22.2. The number of ether oxygens (including phenoxy) is 2. The Morgan fingerprint density at radius 2 is 1.91 bits per heavy atom. The molecule has 0 radical (unpaired) electrons. The number of rotatable bonds is 6. The number of halogens is 1. The summed E-state index contributed by atoms with van der Waals surface area (Å²) in [6.45, 7) is 4.55. The molecule has 8 nitrogen and oxygen atoms in total. The molecule has 1 unspecified atom stereocenters. The van der Waals surface area contributed by atoms with Crippen molar-refractivity contribution >= 4 is 35.8 Å². The van der Waals surface area contributed by atoms with Crippen molar-refractivity contribution in [3.05, 3.63) is 59.8 Å². The van der Waals surface area contributed by atoms with Crippen molar-refractivity contribution in [2.75, 3.05) is 39.8 Å². The van der Waals surface area contributed by atoms with Crippen LogP contribution < -0.4 is 10.1 Å². The van der Waals surface area contributed by atoms with E-state index in [0.717, 1.165) is 43.0 Å². The van der Waals surface area contributed by atoms with Crippen LogP contribution in [0.15, 0.2) is 53.7 Å². The number of benzene rings is 1. The number of guanidine groups is 1. The molecule has 2 aliphatic rings. The van der Waals surface area contributed by atoms with Gasteiger partial charge in [-0.05, 0) is 24.5 Å². The second kappa shape index (κ2) is 12.7. The highest BCUT2D eigenvalue weighted by atomic mass is 127. The molecule has 4 rings (SSSR count). The minimum atomic E-state index is -0.251.